The number of furan rings is 1. The molecule has 0 amide bonds. The van der Waals surface area contributed by atoms with Crippen LogP contribution in [0.1, 0.15) is 36.8 Å². The van der Waals surface area contributed by atoms with E-state index in [0.717, 1.165) is 30.7 Å². The highest BCUT2D eigenvalue weighted by molar-refractivity contribution is 5.20. The van der Waals surface area contributed by atoms with Crippen LogP contribution in [0.4, 0.5) is 0 Å². The van der Waals surface area contributed by atoms with E-state index < -0.39 is 0 Å². The molecule has 2 rings (SSSR count). The van der Waals surface area contributed by atoms with Crippen molar-refractivity contribution in [3.05, 3.63) is 23.2 Å². The molecular weight excluding hydrogens is 238 g/mol. The summed E-state index contributed by atoms with van der Waals surface area (Å²) in [7, 11) is 2.20. The van der Waals surface area contributed by atoms with E-state index >= 15 is 0 Å². The van der Waals surface area contributed by atoms with Crippen molar-refractivity contribution in [1.29, 1.82) is 0 Å². The third-order valence-electron chi connectivity index (χ3n) is 4.14. The van der Waals surface area contributed by atoms with Gasteiger partial charge in [0.1, 0.15) is 11.5 Å². The van der Waals surface area contributed by atoms with Crippen molar-refractivity contribution in [3.63, 3.8) is 0 Å². The third kappa shape index (κ3) is 3.59. The fourth-order valence-corrected chi connectivity index (χ4v) is 3.08. The van der Waals surface area contributed by atoms with E-state index in [1.54, 1.807) is 0 Å². The van der Waals surface area contributed by atoms with Gasteiger partial charge in [-0.15, -0.1) is 0 Å². The molecule has 1 saturated heterocycles. The van der Waals surface area contributed by atoms with Gasteiger partial charge in [0.05, 0.1) is 6.54 Å². The van der Waals surface area contributed by atoms with E-state index in [4.69, 9.17) is 10.2 Å². The van der Waals surface area contributed by atoms with Gasteiger partial charge in [0, 0.05) is 24.7 Å². The molecule has 1 aromatic heterocycles. The lowest BCUT2D eigenvalue weighted by atomic mass is 10.2. The average molecular weight is 265 g/mol. The van der Waals surface area contributed by atoms with E-state index in [1.807, 2.05) is 6.92 Å². The Balaban J connectivity index is 1.89. The molecular formula is C15H27N3O. The molecule has 0 aliphatic carbocycles. The average Bonchev–Trinajstić information content (AvgIpc) is 2.96. The van der Waals surface area contributed by atoms with Crippen molar-refractivity contribution >= 4 is 0 Å². The zero-order valence-electron chi connectivity index (χ0n) is 12.5. The molecule has 1 fully saturated rings. The number of hydrogen-bond donors (Lipinski definition) is 1. The summed E-state index contributed by atoms with van der Waals surface area (Å²) in [6.45, 7) is 9.27. The highest BCUT2D eigenvalue weighted by atomic mass is 16.3. The molecule has 0 spiro atoms. The summed E-state index contributed by atoms with van der Waals surface area (Å²) in [6, 6.07) is 2.81. The van der Waals surface area contributed by atoms with Crippen LogP contribution in [0.5, 0.6) is 0 Å². The minimum Gasteiger partial charge on any atom is -0.465 e. The number of aryl methyl sites for hydroxylation is 1. The monoisotopic (exact) mass is 265 g/mol. The van der Waals surface area contributed by atoms with Crippen molar-refractivity contribution in [3.8, 4) is 0 Å². The number of rotatable bonds is 6. The lowest BCUT2D eigenvalue weighted by Crippen LogP contribution is -2.38. The van der Waals surface area contributed by atoms with Gasteiger partial charge in [0.15, 0.2) is 0 Å². The van der Waals surface area contributed by atoms with Crippen LogP contribution >= 0.6 is 0 Å². The van der Waals surface area contributed by atoms with Gasteiger partial charge < -0.3 is 15.1 Å². The van der Waals surface area contributed by atoms with E-state index in [9.17, 15) is 0 Å². The predicted octanol–water partition coefficient (Wildman–Crippen LogP) is 1.96. The van der Waals surface area contributed by atoms with Crippen LogP contribution in [0.3, 0.4) is 0 Å². The van der Waals surface area contributed by atoms with Crippen LogP contribution in [0.2, 0.25) is 0 Å². The predicted molar refractivity (Wildman–Crippen MR) is 77.9 cm³/mol. The normalized spacial score (nSPS) is 20.6. The zero-order chi connectivity index (χ0) is 13.8. The molecule has 0 bridgehead atoms. The van der Waals surface area contributed by atoms with Gasteiger partial charge in [0.25, 0.3) is 0 Å². The zero-order valence-corrected chi connectivity index (χ0v) is 12.5. The van der Waals surface area contributed by atoms with E-state index in [0.29, 0.717) is 6.54 Å². The Labute approximate surface area is 116 Å². The summed E-state index contributed by atoms with van der Waals surface area (Å²) in [6.07, 6.45) is 2.67. The van der Waals surface area contributed by atoms with Crippen LogP contribution in [-0.4, -0.2) is 42.5 Å². The van der Waals surface area contributed by atoms with Gasteiger partial charge in [0.2, 0.25) is 0 Å². The van der Waals surface area contributed by atoms with Crippen molar-refractivity contribution < 1.29 is 4.42 Å². The molecule has 2 heterocycles. The number of likely N-dealkylation sites (tertiary alicyclic amines) is 1. The Hall–Kier alpha value is -0.840. The first-order chi connectivity index (χ1) is 9.13. The highest BCUT2D eigenvalue weighted by Gasteiger charge is 2.24. The van der Waals surface area contributed by atoms with Crippen LogP contribution < -0.4 is 5.73 Å². The summed E-state index contributed by atoms with van der Waals surface area (Å²) >= 11 is 0. The van der Waals surface area contributed by atoms with E-state index in [2.05, 4.69) is 29.8 Å². The molecule has 1 unspecified atom stereocenters. The number of hydrogen-bond acceptors (Lipinski definition) is 4. The lowest BCUT2D eigenvalue weighted by Gasteiger charge is -2.27. The lowest BCUT2D eigenvalue weighted by molar-refractivity contribution is 0.194. The van der Waals surface area contributed by atoms with Gasteiger partial charge >= 0.3 is 0 Å². The number of likely N-dealkylation sites (N-methyl/N-ethyl adjacent to an activating group) is 2. The maximum Gasteiger partial charge on any atom is 0.118 e. The van der Waals surface area contributed by atoms with Crippen molar-refractivity contribution in [2.45, 2.75) is 45.8 Å². The van der Waals surface area contributed by atoms with E-state index in [1.165, 1.54) is 31.5 Å². The first kappa shape index (κ1) is 14.6. The maximum absolute atomic E-state index is 5.62. The Kier molecular flexibility index (Phi) is 5.02. The van der Waals surface area contributed by atoms with Crippen molar-refractivity contribution in [2.75, 3.05) is 26.7 Å². The van der Waals surface area contributed by atoms with Crippen molar-refractivity contribution in [2.24, 2.45) is 5.73 Å². The first-order valence-electron chi connectivity index (χ1n) is 7.34. The van der Waals surface area contributed by atoms with Crippen molar-refractivity contribution in [1.82, 2.24) is 9.80 Å². The smallest absolute Gasteiger partial charge is 0.118 e. The molecule has 2 N–H and O–H groups in total. The SMILES string of the molecule is CCN1CCCC1CN(C)Cc1cc(CN)oc1C. The molecule has 0 aromatic carbocycles. The summed E-state index contributed by atoms with van der Waals surface area (Å²) < 4.78 is 5.61. The molecule has 108 valence electrons. The van der Waals surface area contributed by atoms with Crippen LogP contribution in [0.15, 0.2) is 10.5 Å². The summed E-state index contributed by atoms with van der Waals surface area (Å²) in [5.74, 6) is 1.89. The van der Waals surface area contributed by atoms with Gasteiger partial charge in [-0.3, -0.25) is 4.90 Å². The molecule has 4 heteroatoms. The molecule has 1 aliphatic rings. The summed E-state index contributed by atoms with van der Waals surface area (Å²) in [5.41, 5.74) is 6.88. The quantitative estimate of drug-likeness (QED) is 0.854. The fourth-order valence-electron chi connectivity index (χ4n) is 3.08. The first-order valence-corrected chi connectivity index (χ1v) is 7.34. The molecule has 0 saturated carbocycles. The maximum atomic E-state index is 5.62. The molecule has 4 nitrogen and oxygen atoms in total. The van der Waals surface area contributed by atoms with Gasteiger partial charge in [-0.05, 0) is 46.0 Å². The van der Waals surface area contributed by atoms with Gasteiger partial charge in [-0.25, -0.2) is 0 Å². The molecule has 19 heavy (non-hydrogen) atoms. The fraction of sp³-hybridized carbons (Fsp3) is 0.733. The largest absolute Gasteiger partial charge is 0.465 e. The van der Waals surface area contributed by atoms with Crippen LogP contribution in [0.25, 0.3) is 0 Å². The summed E-state index contributed by atoms with van der Waals surface area (Å²) in [4.78, 5) is 4.99. The summed E-state index contributed by atoms with van der Waals surface area (Å²) in [5, 5.41) is 0. The molecule has 1 aliphatic heterocycles. The topological polar surface area (TPSA) is 45.6 Å². The second-order valence-corrected chi connectivity index (χ2v) is 5.62. The standard InChI is InChI=1S/C15H27N3O/c1-4-18-7-5-6-14(18)11-17(3)10-13-8-15(9-16)19-12(13)2/h8,14H,4-7,9-11,16H2,1-3H3. The second kappa shape index (κ2) is 6.55. The number of nitrogens with two attached hydrogens (primary N) is 1. The Morgan fingerprint density at radius 1 is 1.53 bits per heavy atom. The van der Waals surface area contributed by atoms with E-state index in [-0.39, 0.29) is 0 Å². The Morgan fingerprint density at radius 3 is 2.95 bits per heavy atom. The van der Waals surface area contributed by atoms with Crippen LogP contribution in [-0.2, 0) is 13.1 Å². The minimum atomic E-state index is 0.483. The Bertz CT molecular complexity index is 402. The molecule has 0 radical (unpaired) electrons. The third-order valence-corrected chi connectivity index (χ3v) is 4.14. The highest BCUT2D eigenvalue weighted by Crippen LogP contribution is 2.20. The minimum absolute atomic E-state index is 0.483. The number of nitrogens with zero attached hydrogens (tertiary/aromatic N) is 2. The van der Waals surface area contributed by atoms with Gasteiger partial charge in [-0.1, -0.05) is 6.92 Å². The molecule has 1 atom stereocenters. The van der Waals surface area contributed by atoms with Gasteiger partial charge in [-0.2, -0.15) is 0 Å². The second-order valence-electron chi connectivity index (χ2n) is 5.62. The van der Waals surface area contributed by atoms with Crippen LogP contribution in [0, 0.1) is 6.92 Å². The molecule has 1 aromatic rings. The Morgan fingerprint density at radius 2 is 2.32 bits per heavy atom.